The number of fused-ring (bicyclic) bond motifs is 6. The Labute approximate surface area is 321 Å². The number of hydrogen-bond donors (Lipinski definition) is 0. The zero-order chi connectivity index (χ0) is 35.6. The number of hydrogen-bond acceptors (Lipinski definition) is 6. The van der Waals surface area contributed by atoms with E-state index in [4.69, 9.17) is 9.97 Å². The standard InChI is InChI=1S/C48H30N4S2/c1-5-19-43-39(15-1)51(40-16-2-6-20-44(40)53-43)31-23-25-33-35(29-31)47(37-13-9-11-27-49-37)34-26-24-32(30-36(34)48(33)38-14-10-12-28-50-38)52-41-17-3-7-21-45(41)54-46-22-8-4-18-42(46)52/h1-30H. The minimum atomic E-state index is 0.935. The molecule has 2 aromatic heterocycles. The van der Waals surface area contributed by atoms with Crippen LogP contribution in [0.1, 0.15) is 0 Å². The van der Waals surface area contributed by atoms with Crippen molar-refractivity contribution in [3.8, 4) is 22.5 Å². The molecule has 0 unspecified atom stereocenters. The first-order valence-corrected chi connectivity index (χ1v) is 19.6. The molecule has 9 aromatic rings. The van der Waals surface area contributed by atoms with Crippen LogP contribution in [0.3, 0.4) is 0 Å². The number of rotatable bonds is 4. The summed E-state index contributed by atoms with van der Waals surface area (Å²) in [5.74, 6) is 0. The highest BCUT2D eigenvalue weighted by Gasteiger charge is 2.28. The van der Waals surface area contributed by atoms with Gasteiger partial charge in [0.1, 0.15) is 0 Å². The van der Waals surface area contributed by atoms with Crippen molar-refractivity contribution < 1.29 is 0 Å². The second-order valence-electron chi connectivity index (χ2n) is 13.4. The molecule has 54 heavy (non-hydrogen) atoms. The van der Waals surface area contributed by atoms with Crippen LogP contribution in [0, 0.1) is 0 Å². The Morgan fingerprint density at radius 1 is 0.333 bits per heavy atom. The van der Waals surface area contributed by atoms with Crippen molar-refractivity contribution >= 4 is 79.2 Å². The van der Waals surface area contributed by atoms with Gasteiger partial charge in [0, 0.05) is 54.5 Å². The van der Waals surface area contributed by atoms with Gasteiger partial charge in [0.15, 0.2) is 0 Å². The summed E-state index contributed by atoms with van der Waals surface area (Å²) in [5, 5.41) is 4.52. The molecule has 254 valence electrons. The van der Waals surface area contributed by atoms with Gasteiger partial charge >= 0.3 is 0 Å². The van der Waals surface area contributed by atoms with Gasteiger partial charge in [-0.2, -0.15) is 0 Å². The average Bonchev–Trinajstić information content (AvgIpc) is 3.24. The molecular formula is C48H30N4S2. The third-order valence-electron chi connectivity index (χ3n) is 10.3. The van der Waals surface area contributed by atoms with Crippen molar-refractivity contribution in [2.24, 2.45) is 0 Å². The van der Waals surface area contributed by atoms with Crippen molar-refractivity contribution in [2.75, 3.05) is 9.80 Å². The second kappa shape index (κ2) is 12.7. The van der Waals surface area contributed by atoms with Crippen LogP contribution in [0.25, 0.3) is 44.1 Å². The predicted molar refractivity (Wildman–Crippen MR) is 226 cm³/mol. The van der Waals surface area contributed by atoms with Gasteiger partial charge in [-0.1, -0.05) is 96.3 Å². The largest absolute Gasteiger partial charge is 0.308 e. The maximum Gasteiger partial charge on any atom is 0.0714 e. The quantitative estimate of drug-likeness (QED) is 0.168. The summed E-state index contributed by atoms with van der Waals surface area (Å²) in [5.41, 5.74) is 11.0. The maximum absolute atomic E-state index is 4.99. The number of aromatic nitrogens is 2. The molecule has 6 heteroatoms. The van der Waals surface area contributed by atoms with Crippen molar-refractivity contribution in [1.29, 1.82) is 0 Å². The fourth-order valence-corrected chi connectivity index (χ4v) is 10.1. The fourth-order valence-electron chi connectivity index (χ4n) is 8.02. The van der Waals surface area contributed by atoms with Gasteiger partial charge in [-0.05, 0) is 119 Å². The summed E-state index contributed by atoms with van der Waals surface area (Å²) in [6.45, 7) is 0. The van der Waals surface area contributed by atoms with Crippen LogP contribution in [0.4, 0.5) is 34.1 Å². The molecule has 0 atom stereocenters. The molecular weight excluding hydrogens is 697 g/mol. The van der Waals surface area contributed by atoms with Gasteiger partial charge < -0.3 is 9.80 Å². The van der Waals surface area contributed by atoms with Gasteiger partial charge in [-0.25, -0.2) is 0 Å². The molecule has 0 spiro atoms. The van der Waals surface area contributed by atoms with E-state index < -0.39 is 0 Å². The summed E-state index contributed by atoms with van der Waals surface area (Å²) in [7, 11) is 0. The SMILES string of the molecule is c1ccc(-c2c3ccc(N4c5ccccc5Sc5ccccc54)cc3c(-c3ccccn3)c3ccc(N4c5ccccc5Sc5ccccc54)cc23)nc1. The molecule has 0 amide bonds. The Kier molecular flexibility index (Phi) is 7.32. The van der Waals surface area contributed by atoms with E-state index in [9.17, 15) is 0 Å². The van der Waals surface area contributed by atoms with Crippen LogP contribution in [0.5, 0.6) is 0 Å². The van der Waals surface area contributed by atoms with Gasteiger partial charge in [-0.15, -0.1) is 0 Å². The molecule has 2 aliphatic heterocycles. The molecule has 0 bridgehead atoms. The first-order chi connectivity index (χ1) is 26.8. The molecule has 7 aromatic carbocycles. The lowest BCUT2D eigenvalue weighted by atomic mass is 9.87. The molecule has 11 rings (SSSR count). The van der Waals surface area contributed by atoms with E-state index in [1.54, 1.807) is 0 Å². The third kappa shape index (κ3) is 4.95. The second-order valence-corrected chi connectivity index (χ2v) is 15.6. The van der Waals surface area contributed by atoms with E-state index in [1.807, 2.05) is 48.1 Å². The van der Waals surface area contributed by atoms with Gasteiger partial charge in [0.2, 0.25) is 0 Å². The van der Waals surface area contributed by atoms with E-state index in [-0.39, 0.29) is 0 Å². The van der Waals surface area contributed by atoms with Gasteiger partial charge in [-0.3, -0.25) is 9.97 Å². The van der Waals surface area contributed by atoms with E-state index in [0.29, 0.717) is 0 Å². The number of pyridine rings is 2. The predicted octanol–water partition coefficient (Wildman–Crippen LogP) is 14.0. The fraction of sp³-hybridized carbons (Fsp3) is 0. The molecule has 0 radical (unpaired) electrons. The molecule has 0 N–H and O–H groups in total. The zero-order valence-electron chi connectivity index (χ0n) is 28.9. The number of para-hydroxylation sites is 4. The minimum Gasteiger partial charge on any atom is -0.308 e. The molecule has 0 fully saturated rings. The lowest BCUT2D eigenvalue weighted by molar-refractivity contribution is 1.17. The molecule has 4 heterocycles. The zero-order valence-corrected chi connectivity index (χ0v) is 30.6. The van der Waals surface area contributed by atoms with Crippen molar-refractivity contribution in [2.45, 2.75) is 19.6 Å². The van der Waals surface area contributed by atoms with Crippen LogP contribution in [0.15, 0.2) is 202 Å². The maximum atomic E-state index is 4.99. The van der Waals surface area contributed by atoms with Crippen LogP contribution in [-0.2, 0) is 0 Å². The Bertz CT molecular complexity index is 2620. The Balaban J connectivity index is 1.22. The van der Waals surface area contributed by atoms with Gasteiger partial charge in [0.05, 0.1) is 34.1 Å². The Morgan fingerprint density at radius 2 is 0.685 bits per heavy atom. The minimum absolute atomic E-state index is 0.935. The Morgan fingerprint density at radius 3 is 1.04 bits per heavy atom. The monoisotopic (exact) mass is 726 g/mol. The molecule has 0 saturated carbocycles. The van der Waals surface area contributed by atoms with Crippen LogP contribution in [0.2, 0.25) is 0 Å². The van der Waals surface area contributed by atoms with Crippen LogP contribution >= 0.6 is 23.5 Å². The summed E-state index contributed by atoms with van der Waals surface area (Å²) in [6, 6.07) is 61.0. The highest BCUT2D eigenvalue weighted by molar-refractivity contribution is 8.00. The first-order valence-electron chi connectivity index (χ1n) is 18.0. The third-order valence-corrected chi connectivity index (χ3v) is 12.6. The highest BCUT2D eigenvalue weighted by Crippen LogP contribution is 2.54. The summed E-state index contributed by atoms with van der Waals surface area (Å²) in [4.78, 5) is 19.7. The smallest absolute Gasteiger partial charge is 0.0714 e. The first kappa shape index (κ1) is 31.2. The van der Waals surface area contributed by atoms with E-state index in [1.165, 1.54) is 42.3 Å². The van der Waals surface area contributed by atoms with Crippen LogP contribution in [-0.4, -0.2) is 9.97 Å². The summed E-state index contributed by atoms with van der Waals surface area (Å²) >= 11 is 3.65. The lowest BCUT2D eigenvalue weighted by Crippen LogP contribution is -2.15. The average molecular weight is 727 g/mol. The summed E-state index contributed by atoms with van der Waals surface area (Å²) in [6.07, 6.45) is 3.79. The van der Waals surface area contributed by atoms with E-state index >= 15 is 0 Å². The van der Waals surface area contributed by atoms with E-state index in [2.05, 4.69) is 168 Å². The van der Waals surface area contributed by atoms with Crippen molar-refractivity contribution in [1.82, 2.24) is 9.97 Å². The van der Waals surface area contributed by atoms with Crippen molar-refractivity contribution in [3.63, 3.8) is 0 Å². The number of anilines is 6. The molecule has 0 saturated heterocycles. The number of nitrogens with zero attached hydrogens (tertiary/aromatic N) is 4. The molecule has 4 nitrogen and oxygen atoms in total. The van der Waals surface area contributed by atoms with E-state index in [0.717, 1.165) is 55.4 Å². The van der Waals surface area contributed by atoms with Gasteiger partial charge in [0.25, 0.3) is 0 Å². The topological polar surface area (TPSA) is 32.3 Å². The highest BCUT2D eigenvalue weighted by atomic mass is 32.2. The normalized spacial score (nSPS) is 13.0. The lowest BCUT2D eigenvalue weighted by Gasteiger charge is -2.33. The summed E-state index contributed by atoms with van der Waals surface area (Å²) < 4.78 is 0. The number of benzene rings is 7. The van der Waals surface area contributed by atoms with Crippen molar-refractivity contribution in [3.05, 3.63) is 182 Å². The molecule has 2 aliphatic rings. The van der Waals surface area contributed by atoms with Crippen LogP contribution < -0.4 is 9.80 Å². The molecule has 0 aliphatic carbocycles. The Hall–Kier alpha value is -6.34.